The largest absolute Gasteiger partial charge is 0.319 e. The number of hydrogen-bond donors (Lipinski definition) is 1. The molecule has 4 nitrogen and oxygen atoms in total. The fourth-order valence-electron chi connectivity index (χ4n) is 1.48. The van der Waals surface area contributed by atoms with Crippen LogP contribution >= 0.6 is 0 Å². The first-order valence-electron chi connectivity index (χ1n) is 5.14. The van der Waals surface area contributed by atoms with Crippen LogP contribution in [0.2, 0.25) is 0 Å². The molecule has 0 saturated heterocycles. The van der Waals surface area contributed by atoms with Crippen LogP contribution in [-0.2, 0) is 0 Å². The first-order valence-corrected chi connectivity index (χ1v) is 5.14. The van der Waals surface area contributed by atoms with Gasteiger partial charge in [0.1, 0.15) is 5.82 Å². The third-order valence-corrected chi connectivity index (χ3v) is 2.41. The summed E-state index contributed by atoms with van der Waals surface area (Å²) in [5.41, 5.74) is 8.87. The van der Waals surface area contributed by atoms with Gasteiger partial charge in [0, 0.05) is 18.1 Å². The zero-order valence-electron chi connectivity index (χ0n) is 9.38. The van der Waals surface area contributed by atoms with Crippen molar-refractivity contribution in [2.45, 2.75) is 19.9 Å². The Labute approximate surface area is 94.6 Å². The van der Waals surface area contributed by atoms with E-state index >= 15 is 0 Å². The standard InChI is InChI=1S/C12H14N4/c1-8-3-4-10(7-15-8)12(13)11-5-6-14-9(2)16-11/h3-7,12H,13H2,1-2H3. The van der Waals surface area contributed by atoms with Gasteiger partial charge in [0.15, 0.2) is 0 Å². The minimum Gasteiger partial charge on any atom is -0.319 e. The molecule has 0 aliphatic carbocycles. The van der Waals surface area contributed by atoms with Gasteiger partial charge in [-0.2, -0.15) is 0 Å². The molecule has 1 unspecified atom stereocenters. The van der Waals surface area contributed by atoms with E-state index in [2.05, 4.69) is 15.0 Å². The van der Waals surface area contributed by atoms with Crippen molar-refractivity contribution in [3.05, 3.63) is 53.4 Å². The number of rotatable bonds is 2. The van der Waals surface area contributed by atoms with Crippen molar-refractivity contribution in [2.75, 3.05) is 0 Å². The molecule has 0 fully saturated rings. The van der Waals surface area contributed by atoms with Crippen molar-refractivity contribution in [1.82, 2.24) is 15.0 Å². The Balaban J connectivity index is 2.31. The van der Waals surface area contributed by atoms with E-state index in [0.29, 0.717) is 0 Å². The van der Waals surface area contributed by atoms with Gasteiger partial charge in [0.25, 0.3) is 0 Å². The average molecular weight is 214 g/mol. The molecule has 2 aromatic rings. The molecule has 0 saturated carbocycles. The van der Waals surface area contributed by atoms with Gasteiger partial charge in [-0.1, -0.05) is 6.07 Å². The van der Waals surface area contributed by atoms with Gasteiger partial charge >= 0.3 is 0 Å². The Morgan fingerprint density at radius 3 is 2.56 bits per heavy atom. The quantitative estimate of drug-likeness (QED) is 0.823. The van der Waals surface area contributed by atoms with Crippen LogP contribution in [0.4, 0.5) is 0 Å². The van der Waals surface area contributed by atoms with Crippen LogP contribution in [0.3, 0.4) is 0 Å². The number of aromatic nitrogens is 3. The smallest absolute Gasteiger partial charge is 0.125 e. The molecular formula is C12H14N4. The van der Waals surface area contributed by atoms with Gasteiger partial charge in [0.05, 0.1) is 11.7 Å². The zero-order chi connectivity index (χ0) is 11.5. The van der Waals surface area contributed by atoms with Gasteiger partial charge in [0.2, 0.25) is 0 Å². The van der Waals surface area contributed by atoms with Crippen molar-refractivity contribution in [1.29, 1.82) is 0 Å². The lowest BCUT2D eigenvalue weighted by molar-refractivity contribution is 0.801. The van der Waals surface area contributed by atoms with E-state index in [1.807, 2.05) is 32.0 Å². The molecule has 82 valence electrons. The Hall–Kier alpha value is -1.81. The van der Waals surface area contributed by atoms with Crippen molar-refractivity contribution in [3.8, 4) is 0 Å². The molecule has 2 rings (SSSR count). The van der Waals surface area contributed by atoms with Crippen LogP contribution in [0.1, 0.15) is 28.8 Å². The van der Waals surface area contributed by atoms with E-state index in [0.717, 1.165) is 22.8 Å². The third kappa shape index (κ3) is 2.23. The Kier molecular flexibility index (Phi) is 2.92. The maximum atomic E-state index is 6.10. The fraction of sp³-hybridized carbons (Fsp3) is 0.250. The van der Waals surface area contributed by atoms with Gasteiger partial charge in [-0.15, -0.1) is 0 Å². The van der Waals surface area contributed by atoms with E-state index in [-0.39, 0.29) is 6.04 Å². The van der Waals surface area contributed by atoms with E-state index in [1.165, 1.54) is 0 Å². The normalized spacial score (nSPS) is 12.4. The summed E-state index contributed by atoms with van der Waals surface area (Å²) in [6.45, 7) is 3.80. The van der Waals surface area contributed by atoms with E-state index in [4.69, 9.17) is 5.73 Å². The lowest BCUT2D eigenvalue weighted by atomic mass is 10.1. The Bertz CT molecular complexity index is 479. The van der Waals surface area contributed by atoms with E-state index in [9.17, 15) is 0 Å². The molecule has 1 atom stereocenters. The van der Waals surface area contributed by atoms with Crippen molar-refractivity contribution in [2.24, 2.45) is 5.73 Å². The lowest BCUT2D eigenvalue weighted by Gasteiger charge is -2.11. The number of nitrogens with two attached hydrogens (primary N) is 1. The summed E-state index contributed by atoms with van der Waals surface area (Å²) in [5, 5.41) is 0. The summed E-state index contributed by atoms with van der Waals surface area (Å²) in [7, 11) is 0. The highest BCUT2D eigenvalue weighted by molar-refractivity contribution is 5.25. The topological polar surface area (TPSA) is 64.7 Å². The minimum atomic E-state index is -0.241. The molecule has 0 aliphatic heterocycles. The first kappa shape index (κ1) is 10.7. The van der Waals surface area contributed by atoms with Crippen LogP contribution in [-0.4, -0.2) is 15.0 Å². The van der Waals surface area contributed by atoms with Crippen LogP contribution < -0.4 is 5.73 Å². The zero-order valence-corrected chi connectivity index (χ0v) is 9.38. The van der Waals surface area contributed by atoms with E-state index in [1.54, 1.807) is 12.4 Å². The van der Waals surface area contributed by atoms with Crippen LogP contribution in [0, 0.1) is 13.8 Å². The van der Waals surface area contributed by atoms with Gasteiger partial charge < -0.3 is 5.73 Å². The molecule has 2 heterocycles. The second-order valence-corrected chi connectivity index (χ2v) is 3.74. The molecule has 0 spiro atoms. The molecule has 16 heavy (non-hydrogen) atoms. The molecule has 0 aliphatic rings. The SMILES string of the molecule is Cc1ccc(C(N)c2ccnc(C)n2)cn1. The maximum Gasteiger partial charge on any atom is 0.125 e. The number of nitrogens with zero attached hydrogens (tertiary/aromatic N) is 3. The highest BCUT2D eigenvalue weighted by Gasteiger charge is 2.10. The monoisotopic (exact) mass is 214 g/mol. The number of hydrogen-bond acceptors (Lipinski definition) is 4. The molecule has 2 aromatic heterocycles. The molecule has 4 heteroatoms. The maximum absolute atomic E-state index is 6.10. The van der Waals surface area contributed by atoms with Crippen LogP contribution in [0.15, 0.2) is 30.6 Å². The molecular weight excluding hydrogens is 200 g/mol. The van der Waals surface area contributed by atoms with Gasteiger partial charge in [-0.25, -0.2) is 9.97 Å². The predicted octanol–water partition coefficient (Wildman–Crippen LogP) is 1.54. The second-order valence-electron chi connectivity index (χ2n) is 3.74. The molecule has 0 amide bonds. The lowest BCUT2D eigenvalue weighted by Crippen LogP contribution is -2.14. The third-order valence-electron chi connectivity index (χ3n) is 2.41. The van der Waals surface area contributed by atoms with Gasteiger partial charge in [-0.3, -0.25) is 4.98 Å². The first-order chi connectivity index (χ1) is 7.66. The van der Waals surface area contributed by atoms with Crippen molar-refractivity contribution < 1.29 is 0 Å². The fourth-order valence-corrected chi connectivity index (χ4v) is 1.48. The predicted molar refractivity (Wildman–Crippen MR) is 61.8 cm³/mol. The summed E-state index contributed by atoms with van der Waals surface area (Å²) >= 11 is 0. The van der Waals surface area contributed by atoms with Gasteiger partial charge in [-0.05, 0) is 31.5 Å². The van der Waals surface area contributed by atoms with Crippen molar-refractivity contribution >= 4 is 0 Å². The molecule has 0 aromatic carbocycles. The molecule has 0 bridgehead atoms. The van der Waals surface area contributed by atoms with Crippen LogP contribution in [0.5, 0.6) is 0 Å². The van der Waals surface area contributed by atoms with Crippen molar-refractivity contribution in [3.63, 3.8) is 0 Å². The minimum absolute atomic E-state index is 0.241. The number of pyridine rings is 1. The molecule has 2 N–H and O–H groups in total. The summed E-state index contributed by atoms with van der Waals surface area (Å²) in [5.74, 6) is 0.730. The molecule has 0 radical (unpaired) electrons. The number of aryl methyl sites for hydroxylation is 2. The van der Waals surface area contributed by atoms with E-state index < -0.39 is 0 Å². The Morgan fingerprint density at radius 1 is 1.12 bits per heavy atom. The Morgan fingerprint density at radius 2 is 1.94 bits per heavy atom. The summed E-state index contributed by atoms with van der Waals surface area (Å²) < 4.78 is 0. The summed E-state index contributed by atoms with van der Waals surface area (Å²) in [6.07, 6.45) is 3.51. The average Bonchev–Trinajstić information content (AvgIpc) is 2.29. The second kappa shape index (κ2) is 4.37. The summed E-state index contributed by atoms with van der Waals surface area (Å²) in [6, 6.07) is 5.51. The highest BCUT2D eigenvalue weighted by Crippen LogP contribution is 2.16. The summed E-state index contributed by atoms with van der Waals surface area (Å²) in [4.78, 5) is 12.6. The highest BCUT2D eigenvalue weighted by atomic mass is 14.9. The van der Waals surface area contributed by atoms with Crippen LogP contribution in [0.25, 0.3) is 0 Å².